The summed E-state index contributed by atoms with van der Waals surface area (Å²) in [6.45, 7) is 8.68. The summed E-state index contributed by atoms with van der Waals surface area (Å²) >= 11 is 0. The number of hydrogen-bond donors (Lipinski definition) is 1. The number of carbonyl (C=O) groups is 2. The Morgan fingerprint density at radius 2 is 1.86 bits per heavy atom. The number of carbonyl (C=O) groups excluding carboxylic acids is 2. The van der Waals surface area contributed by atoms with Crippen LogP contribution in [0.15, 0.2) is 54.6 Å². The van der Waals surface area contributed by atoms with Crippen molar-refractivity contribution in [2.45, 2.75) is 39.5 Å². The lowest BCUT2D eigenvalue weighted by Gasteiger charge is -2.22. The standard InChI is InChI=1S/C27H33FN4O3/c1-19-10-6-7-13-22(19)32-24(17-23(30-32)27(2,3)4)29-25(33)18-31(14-9-15-35-5)26(34)20-11-8-12-21(28)16-20/h6-8,10-13,16-17H,9,14-15,18H2,1-5H3,(H,29,33). The van der Waals surface area contributed by atoms with Crippen LogP contribution in [0.25, 0.3) is 5.69 Å². The van der Waals surface area contributed by atoms with Crippen molar-refractivity contribution >= 4 is 17.6 Å². The lowest BCUT2D eigenvalue weighted by Crippen LogP contribution is -2.39. The maximum atomic E-state index is 13.7. The summed E-state index contributed by atoms with van der Waals surface area (Å²) in [6, 6.07) is 15.1. The minimum absolute atomic E-state index is 0.190. The molecule has 0 bridgehead atoms. The van der Waals surface area contributed by atoms with Crippen molar-refractivity contribution in [3.8, 4) is 5.69 Å². The molecular formula is C27H33FN4O3. The monoisotopic (exact) mass is 480 g/mol. The van der Waals surface area contributed by atoms with Gasteiger partial charge in [-0.1, -0.05) is 45.0 Å². The van der Waals surface area contributed by atoms with Crippen LogP contribution in [0.5, 0.6) is 0 Å². The molecule has 35 heavy (non-hydrogen) atoms. The van der Waals surface area contributed by atoms with Gasteiger partial charge in [0.25, 0.3) is 5.91 Å². The van der Waals surface area contributed by atoms with Crippen LogP contribution >= 0.6 is 0 Å². The number of ether oxygens (including phenoxy) is 1. The number of aryl methyl sites for hydroxylation is 1. The third-order valence-corrected chi connectivity index (χ3v) is 5.56. The molecule has 3 aromatic rings. The molecule has 8 heteroatoms. The van der Waals surface area contributed by atoms with E-state index in [0.29, 0.717) is 25.4 Å². The lowest BCUT2D eigenvalue weighted by molar-refractivity contribution is -0.117. The molecule has 0 saturated carbocycles. The quantitative estimate of drug-likeness (QED) is 0.449. The number of nitrogens with one attached hydrogen (secondary N) is 1. The molecule has 186 valence electrons. The molecule has 0 aliphatic carbocycles. The van der Waals surface area contributed by atoms with E-state index < -0.39 is 11.7 Å². The fourth-order valence-corrected chi connectivity index (χ4v) is 3.63. The van der Waals surface area contributed by atoms with Crippen molar-refractivity contribution in [2.75, 3.05) is 32.1 Å². The molecule has 7 nitrogen and oxygen atoms in total. The summed E-state index contributed by atoms with van der Waals surface area (Å²) in [5.74, 6) is -0.779. The van der Waals surface area contributed by atoms with Gasteiger partial charge in [-0.3, -0.25) is 9.59 Å². The average molecular weight is 481 g/mol. The Balaban J connectivity index is 1.87. The number of methoxy groups -OCH3 is 1. The first-order chi connectivity index (χ1) is 16.6. The second-order valence-corrected chi connectivity index (χ2v) is 9.49. The number of para-hydroxylation sites is 1. The zero-order valence-electron chi connectivity index (χ0n) is 21.0. The van der Waals surface area contributed by atoms with E-state index in [2.05, 4.69) is 26.1 Å². The summed E-state index contributed by atoms with van der Waals surface area (Å²) < 4.78 is 20.5. The molecule has 0 atom stereocenters. The van der Waals surface area contributed by atoms with Gasteiger partial charge >= 0.3 is 0 Å². The molecular weight excluding hydrogens is 447 g/mol. The first-order valence-corrected chi connectivity index (χ1v) is 11.6. The Bertz CT molecular complexity index is 1180. The molecule has 0 unspecified atom stereocenters. The van der Waals surface area contributed by atoms with Gasteiger partial charge in [0, 0.05) is 37.3 Å². The predicted molar refractivity (Wildman–Crippen MR) is 134 cm³/mol. The number of nitrogens with zero attached hydrogens (tertiary/aromatic N) is 3. The second kappa shape index (κ2) is 11.3. The molecule has 2 aromatic carbocycles. The molecule has 3 rings (SSSR count). The van der Waals surface area contributed by atoms with Gasteiger partial charge in [-0.15, -0.1) is 0 Å². The number of hydrogen-bond acceptors (Lipinski definition) is 4. The van der Waals surface area contributed by atoms with Crippen LogP contribution in [-0.2, 0) is 14.9 Å². The van der Waals surface area contributed by atoms with Gasteiger partial charge in [-0.2, -0.15) is 5.10 Å². The Hall–Kier alpha value is -3.52. The van der Waals surface area contributed by atoms with Crippen molar-refractivity contribution in [1.82, 2.24) is 14.7 Å². The third-order valence-electron chi connectivity index (χ3n) is 5.56. The smallest absolute Gasteiger partial charge is 0.254 e. The highest BCUT2D eigenvalue weighted by Gasteiger charge is 2.24. The van der Waals surface area contributed by atoms with E-state index in [4.69, 9.17) is 9.84 Å². The fourth-order valence-electron chi connectivity index (χ4n) is 3.63. The number of aromatic nitrogens is 2. The largest absolute Gasteiger partial charge is 0.385 e. The summed E-state index contributed by atoms with van der Waals surface area (Å²) in [4.78, 5) is 27.6. The van der Waals surface area contributed by atoms with Crippen LogP contribution in [0, 0.1) is 12.7 Å². The molecule has 1 N–H and O–H groups in total. The lowest BCUT2D eigenvalue weighted by atomic mass is 9.92. The summed E-state index contributed by atoms with van der Waals surface area (Å²) in [5, 5.41) is 7.69. The minimum Gasteiger partial charge on any atom is -0.385 e. The molecule has 0 radical (unpaired) electrons. The van der Waals surface area contributed by atoms with Crippen LogP contribution in [0.2, 0.25) is 0 Å². The fraction of sp³-hybridized carbons (Fsp3) is 0.370. The predicted octanol–water partition coefficient (Wildman–Crippen LogP) is 4.73. The maximum absolute atomic E-state index is 13.7. The van der Waals surface area contributed by atoms with E-state index in [1.54, 1.807) is 11.8 Å². The molecule has 1 heterocycles. The number of halogens is 1. The molecule has 0 aliphatic heterocycles. The number of anilines is 1. The number of rotatable bonds is 9. The van der Waals surface area contributed by atoms with E-state index in [-0.39, 0.29) is 23.4 Å². The second-order valence-electron chi connectivity index (χ2n) is 9.49. The van der Waals surface area contributed by atoms with Gasteiger partial charge in [0.05, 0.1) is 11.4 Å². The van der Waals surface area contributed by atoms with E-state index in [1.165, 1.54) is 29.2 Å². The van der Waals surface area contributed by atoms with Gasteiger partial charge in [-0.05, 0) is 43.2 Å². The zero-order valence-corrected chi connectivity index (χ0v) is 21.0. The number of amides is 2. The highest BCUT2D eigenvalue weighted by molar-refractivity contribution is 5.99. The molecule has 0 fully saturated rings. The molecule has 0 aliphatic rings. The van der Waals surface area contributed by atoms with Crippen LogP contribution in [0.4, 0.5) is 10.2 Å². The minimum atomic E-state index is -0.506. The van der Waals surface area contributed by atoms with Crippen molar-refractivity contribution in [3.63, 3.8) is 0 Å². The first-order valence-electron chi connectivity index (χ1n) is 11.6. The normalized spacial score (nSPS) is 11.4. The average Bonchev–Trinajstić information content (AvgIpc) is 3.22. The van der Waals surface area contributed by atoms with E-state index in [1.807, 2.05) is 37.3 Å². The summed E-state index contributed by atoms with van der Waals surface area (Å²) in [7, 11) is 1.57. The topological polar surface area (TPSA) is 76.5 Å². The van der Waals surface area contributed by atoms with Crippen LogP contribution in [0.1, 0.15) is 48.8 Å². The zero-order chi connectivity index (χ0) is 25.6. The van der Waals surface area contributed by atoms with Gasteiger partial charge in [0.2, 0.25) is 5.91 Å². The Morgan fingerprint density at radius 3 is 2.51 bits per heavy atom. The van der Waals surface area contributed by atoms with Gasteiger partial charge < -0.3 is 15.0 Å². The summed E-state index contributed by atoms with van der Waals surface area (Å²) in [6.07, 6.45) is 0.542. The van der Waals surface area contributed by atoms with Crippen LogP contribution in [0.3, 0.4) is 0 Å². The highest BCUT2D eigenvalue weighted by Crippen LogP contribution is 2.27. The van der Waals surface area contributed by atoms with E-state index >= 15 is 0 Å². The van der Waals surface area contributed by atoms with Gasteiger partial charge in [0.1, 0.15) is 18.2 Å². The van der Waals surface area contributed by atoms with Crippen molar-refractivity contribution in [3.05, 3.63) is 77.2 Å². The van der Waals surface area contributed by atoms with Crippen molar-refractivity contribution < 1.29 is 18.7 Å². The van der Waals surface area contributed by atoms with E-state index in [0.717, 1.165) is 16.9 Å². The molecule has 2 amide bonds. The third kappa shape index (κ3) is 6.76. The van der Waals surface area contributed by atoms with Crippen molar-refractivity contribution in [2.24, 2.45) is 0 Å². The van der Waals surface area contributed by atoms with Gasteiger partial charge in [-0.25, -0.2) is 9.07 Å². The maximum Gasteiger partial charge on any atom is 0.254 e. The Kier molecular flexibility index (Phi) is 8.40. The van der Waals surface area contributed by atoms with Crippen LogP contribution < -0.4 is 5.32 Å². The first kappa shape index (κ1) is 26.1. The van der Waals surface area contributed by atoms with Crippen LogP contribution in [-0.4, -0.2) is 53.3 Å². The van der Waals surface area contributed by atoms with E-state index in [9.17, 15) is 14.0 Å². The molecule has 1 aromatic heterocycles. The van der Waals surface area contributed by atoms with Crippen molar-refractivity contribution in [1.29, 1.82) is 0 Å². The Morgan fingerprint density at radius 1 is 1.11 bits per heavy atom. The Labute approximate surface area is 205 Å². The van der Waals surface area contributed by atoms with Gasteiger partial charge in [0.15, 0.2) is 0 Å². The molecule has 0 saturated heterocycles. The summed E-state index contributed by atoms with van der Waals surface area (Å²) in [5.41, 5.74) is 2.64. The molecule has 0 spiro atoms. The highest BCUT2D eigenvalue weighted by atomic mass is 19.1. The SMILES string of the molecule is COCCCN(CC(=O)Nc1cc(C(C)(C)C)nn1-c1ccccc1C)C(=O)c1cccc(F)c1. The number of benzene rings is 2.